The van der Waals surface area contributed by atoms with Crippen LogP contribution in [0.4, 0.5) is 0 Å². The Balaban J connectivity index is 1.71. The molecule has 1 unspecified atom stereocenters. The third-order valence-electron chi connectivity index (χ3n) is 3.24. The molecular formula is C16H13ClN2O3. The minimum Gasteiger partial charge on any atom is -0.467 e. The molecule has 2 aromatic heterocycles. The van der Waals surface area contributed by atoms with Crippen molar-refractivity contribution in [2.45, 2.75) is 6.10 Å². The molecule has 1 atom stereocenters. The molecular weight excluding hydrogens is 304 g/mol. The maximum absolute atomic E-state index is 12.1. The van der Waals surface area contributed by atoms with Crippen LogP contribution in [0.25, 0.3) is 10.9 Å². The Labute approximate surface area is 131 Å². The average Bonchev–Trinajstić information content (AvgIpc) is 3.06. The van der Waals surface area contributed by atoms with Gasteiger partial charge in [0.25, 0.3) is 5.91 Å². The van der Waals surface area contributed by atoms with Gasteiger partial charge in [0, 0.05) is 10.9 Å². The van der Waals surface area contributed by atoms with Gasteiger partial charge in [0.05, 0.1) is 18.3 Å². The van der Waals surface area contributed by atoms with Crippen LogP contribution < -0.4 is 5.32 Å². The van der Waals surface area contributed by atoms with E-state index in [1.165, 1.54) is 6.26 Å². The van der Waals surface area contributed by atoms with E-state index >= 15 is 0 Å². The minimum absolute atomic E-state index is 0.0727. The number of hydrogen-bond acceptors (Lipinski definition) is 4. The van der Waals surface area contributed by atoms with Gasteiger partial charge in [-0.15, -0.1) is 0 Å². The summed E-state index contributed by atoms with van der Waals surface area (Å²) < 4.78 is 5.08. The number of aromatic nitrogens is 1. The van der Waals surface area contributed by atoms with Crippen molar-refractivity contribution in [1.82, 2.24) is 10.3 Å². The molecule has 2 heterocycles. The first kappa shape index (κ1) is 14.6. The van der Waals surface area contributed by atoms with E-state index in [0.29, 0.717) is 16.5 Å². The number of furan rings is 1. The summed E-state index contributed by atoms with van der Waals surface area (Å²) in [5.74, 6) is 0.139. The molecule has 0 fully saturated rings. The first-order valence-corrected chi connectivity index (χ1v) is 7.07. The molecule has 0 saturated carbocycles. The number of benzene rings is 1. The molecule has 1 amide bonds. The molecule has 0 aliphatic heterocycles. The summed E-state index contributed by atoms with van der Waals surface area (Å²) in [6, 6.07) is 11.9. The molecule has 6 heteroatoms. The number of nitrogens with one attached hydrogen (secondary N) is 1. The van der Waals surface area contributed by atoms with E-state index in [-0.39, 0.29) is 12.5 Å². The van der Waals surface area contributed by atoms with E-state index in [1.807, 2.05) is 0 Å². The van der Waals surface area contributed by atoms with Gasteiger partial charge >= 0.3 is 0 Å². The van der Waals surface area contributed by atoms with E-state index in [0.717, 1.165) is 10.9 Å². The van der Waals surface area contributed by atoms with E-state index in [2.05, 4.69) is 10.3 Å². The highest BCUT2D eigenvalue weighted by atomic mass is 35.5. The van der Waals surface area contributed by atoms with E-state index < -0.39 is 6.10 Å². The smallest absolute Gasteiger partial charge is 0.251 e. The summed E-state index contributed by atoms with van der Waals surface area (Å²) in [6.45, 7) is 0.0727. The highest BCUT2D eigenvalue weighted by Crippen LogP contribution is 2.17. The van der Waals surface area contributed by atoms with Crippen LogP contribution in [-0.2, 0) is 0 Å². The number of rotatable bonds is 4. The summed E-state index contributed by atoms with van der Waals surface area (Å²) in [5, 5.41) is 13.8. The first-order chi connectivity index (χ1) is 10.6. The quantitative estimate of drug-likeness (QED) is 0.726. The maximum atomic E-state index is 12.1. The monoisotopic (exact) mass is 316 g/mol. The van der Waals surface area contributed by atoms with Crippen LogP contribution in [0, 0.1) is 0 Å². The normalized spacial score (nSPS) is 12.3. The minimum atomic E-state index is -0.875. The number of pyridine rings is 1. The van der Waals surface area contributed by atoms with Crippen molar-refractivity contribution >= 4 is 28.4 Å². The lowest BCUT2D eigenvalue weighted by atomic mass is 10.1. The predicted molar refractivity (Wildman–Crippen MR) is 82.8 cm³/mol. The zero-order valence-electron chi connectivity index (χ0n) is 11.5. The van der Waals surface area contributed by atoms with Crippen LogP contribution >= 0.6 is 11.6 Å². The molecule has 0 radical (unpaired) electrons. The molecule has 0 aliphatic rings. The van der Waals surface area contributed by atoms with Gasteiger partial charge in [0.2, 0.25) is 0 Å². The topological polar surface area (TPSA) is 75.4 Å². The second kappa shape index (κ2) is 6.17. The number of carbonyl (C=O) groups is 1. The van der Waals surface area contributed by atoms with Gasteiger partial charge in [0.15, 0.2) is 0 Å². The van der Waals surface area contributed by atoms with Gasteiger partial charge in [-0.3, -0.25) is 4.79 Å². The first-order valence-electron chi connectivity index (χ1n) is 6.69. The highest BCUT2D eigenvalue weighted by Gasteiger charge is 2.13. The fourth-order valence-corrected chi connectivity index (χ4v) is 2.27. The Kier molecular flexibility index (Phi) is 4.09. The van der Waals surface area contributed by atoms with Gasteiger partial charge in [-0.1, -0.05) is 11.6 Å². The lowest BCUT2D eigenvalue weighted by Gasteiger charge is -2.10. The molecule has 22 heavy (non-hydrogen) atoms. The maximum Gasteiger partial charge on any atom is 0.251 e. The lowest BCUT2D eigenvalue weighted by molar-refractivity contribution is 0.0901. The zero-order valence-corrected chi connectivity index (χ0v) is 12.2. The number of aliphatic hydroxyl groups excluding tert-OH is 1. The predicted octanol–water partition coefficient (Wildman–Crippen LogP) is 2.94. The molecule has 112 valence electrons. The van der Waals surface area contributed by atoms with Gasteiger partial charge in [-0.05, 0) is 42.5 Å². The highest BCUT2D eigenvalue weighted by molar-refractivity contribution is 6.29. The van der Waals surface area contributed by atoms with Crippen molar-refractivity contribution in [3.63, 3.8) is 0 Å². The Bertz CT molecular complexity index is 802. The summed E-state index contributed by atoms with van der Waals surface area (Å²) in [4.78, 5) is 16.3. The van der Waals surface area contributed by atoms with Crippen LogP contribution in [0.15, 0.2) is 53.1 Å². The average molecular weight is 317 g/mol. The van der Waals surface area contributed by atoms with Gasteiger partial charge in [-0.25, -0.2) is 4.98 Å². The molecule has 0 aliphatic carbocycles. The number of halogens is 1. The summed E-state index contributed by atoms with van der Waals surface area (Å²) in [5.41, 5.74) is 1.21. The molecule has 0 spiro atoms. The largest absolute Gasteiger partial charge is 0.467 e. The van der Waals surface area contributed by atoms with Crippen LogP contribution in [0.1, 0.15) is 22.2 Å². The Morgan fingerprint density at radius 3 is 2.95 bits per heavy atom. The Morgan fingerprint density at radius 2 is 2.18 bits per heavy atom. The van der Waals surface area contributed by atoms with Crippen molar-refractivity contribution in [2.75, 3.05) is 6.54 Å². The molecule has 3 rings (SSSR count). The van der Waals surface area contributed by atoms with Crippen molar-refractivity contribution in [2.24, 2.45) is 0 Å². The third-order valence-corrected chi connectivity index (χ3v) is 3.46. The van der Waals surface area contributed by atoms with Crippen LogP contribution in [0.3, 0.4) is 0 Å². The van der Waals surface area contributed by atoms with Gasteiger partial charge in [-0.2, -0.15) is 0 Å². The number of amides is 1. The second-order valence-corrected chi connectivity index (χ2v) is 5.17. The van der Waals surface area contributed by atoms with E-state index in [9.17, 15) is 9.90 Å². The number of fused-ring (bicyclic) bond motifs is 1. The fourth-order valence-electron chi connectivity index (χ4n) is 2.11. The molecule has 2 N–H and O–H groups in total. The third kappa shape index (κ3) is 3.10. The summed E-state index contributed by atoms with van der Waals surface area (Å²) in [7, 11) is 0. The molecule has 5 nitrogen and oxygen atoms in total. The molecule has 3 aromatic rings. The Morgan fingerprint density at radius 1 is 1.32 bits per heavy atom. The van der Waals surface area contributed by atoms with Crippen LogP contribution in [0.2, 0.25) is 5.15 Å². The van der Waals surface area contributed by atoms with Gasteiger partial charge < -0.3 is 14.8 Å². The number of nitrogens with zero attached hydrogens (tertiary/aromatic N) is 1. The molecule has 1 aromatic carbocycles. The Hall–Kier alpha value is -2.37. The number of hydrogen-bond donors (Lipinski definition) is 2. The summed E-state index contributed by atoms with van der Waals surface area (Å²) in [6.07, 6.45) is 0.599. The molecule has 0 saturated heterocycles. The zero-order chi connectivity index (χ0) is 15.5. The van der Waals surface area contributed by atoms with E-state index in [4.69, 9.17) is 16.0 Å². The van der Waals surface area contributed by atoms with Crippen molar-refractivity contribution < 1.29 is 14.3 Å². The lowest BCUT2D eigenvalue weighted by Crippen LogP contribution is -2.28. The van der Waals surface area contributed by atoms with Crippen LogP contribution in [0.5, 0.6) is 0 Å². The van der Waals surface area contributed by atoms with Crippen LogP contribution in [-0.4, -0.2) is 22.5 Å². The number of carbonyl (C=O) groups excluding carboxylic acids is 1. The van der Waals surface area contributed by atoms with Gasteiger partial charge in [0.1, 0.15) is 17.0 Å². The summed E-state index contributed by atoms with van der Waals surface area (Å²) >= 11 is 5.83. The van der Waals surface area contributed by atoms with Crippen molar-refractivity contribution in [3.05, 3.63) is 65.2 Å². The second-order valence-electron chi connectivity index (χ2n) is 4.78. The van der Waals surface area contributed by atoms with E-state index in [1.54, 1.807) is 42.5 Å². The number of aliphatic hydroxyl groups is 1. The fraction of sp³-hybridized carbons (Fsp3) is 0.125. The van der Waals surface area contributed by atoms with Crippen molar-refractivity contribution in [1.29, 1.82) is 0 Å². The molecule has 0 bridgehead atoms. The van der Waals surface area contributed by atoms with Crippen molar-refractivity contribution in [3.8, 4) is 0 Å². The standard InChI is InChI=1S/C16H13ClN2O3/c17-15-6-4-10-8-11(3-5-12(10)19-15)16(21)18-9-13(20)14-2-1-7-22-14/h1-8,13,20H,9H2,(H,18,21). The SMILES string of the molecule is O=C(NCC(O)c1ccco1)c1ccc2nc(Cl)ccc2c1.